The topological polar surface area (TPSA) is 50.2 Å². The molecule has 1 N–H and O–H groups in total. The number of amides is 1. The van der Waals surface area contributed by atoms with Crippen molar-refractivity contribution in [1.29, 1.82) is 0 Å². The van der Waals surface area contributed by atoms with Gasteiger partial charge in [-0.1, -0.05) is 12.1 Å². The number of aryl methyl sites for hydroxylation is 2. The summed E-state index contributed by atoms with van der Waals surface area (Å²) in [5, 5.41) is 7.14. The molecule has 5 nitrogen and oxygen atoms in total. The normalized spacial score (nSPS) is 16.1. The second-order valence-electron chi connectivity index (χ2n) is 6.90. The minimum absolute atomic E-state index is 0.00780. The Bertz CT molecular complexity index is 735. The molecular formula is C19H25FN4O. The first-order valence-electron chi connectivity index (χ1n) is 8.77. The van der Waals surface area contributed by atoms with Gasteiger partial charge in [0, 0.05) is 13.1 Å². The Balaban J connectivity index is 1.44. The van der Waals surface area contributed by atoms with Gasteiger partial charge < -0.3 is 5.32 Å². The van der Waals surface area contributed by atoms with Crippen molar-refractivity contribution in [2.75, 3.05) is 25.0 Å². The van der Waals surface area contributed by atoms with Crippen molar-refractivity contribution in [3.63, 3.8) is 0 Å². The van der Waals surface area contributed by atoms with Crippen molar-refractivity contribution in [2.45, 2.75) is 26.2 Å². The molecule has 1 aromatic heterocycles. The van der Waals surface area contributed by atoms with Gasteiger partial charge in [-0.3, -0.25) is 14.4 Å². The van der Waals surface area contributed by atoms with Gasteiger partial charge in [-0.25, -0.2) is 4.39 Å². The van der Waals surface area contributed by atoms with Crippen molar-refractivity contribution >= 4 is 11.7 Å². The van der Waals surface area contributed by atoms with Crippen molar-refractivity contribution in [3.05, 3.63) is 47.4 Å². The number of aromatic nitrogens is 2. The molecule has 1 aliphatic rings. The standard InChI is InChI=1S/C19H25FN4O/c1-14-10-18(23(2)22-14)21-19(25)13-24-8-6-15(7-9-24)11-16-4-3-5-17(20)12-16/h3-5,10,12,15H,6-9,11,13H2,1-2H3,(H,21,25). The van der Waals surface area contributed by atoms with Crippen LogP contribution < -0.4 is 5.32 Å². The SMILES string of the molecule is Cc1cc(NC(=O)CN2CCC(Cc3cccc(F)c3)CC2)n(C)n1. The molecule has 6 heteroatoms. The van der Waals surface area contributed by atoms with Crippen molar-refractivity contribution in [2.24, 2.45) is 13.0 Å². The maximum absolute atomic E-state index is 13.3. The summed E-state index contributed by atoms with van der Waals surface area (Å²) in [5.74, 6) is 1.10. The fraction of sp³-hybridized carbons (Fsp3) is 0.474. The van der Waals surface area contributed by atoms with Gasteiger partial charge in [0.1, 0.15) is 11.6 Å². The molecule has 1 amide bonds. The van der Waals surface area contributed by atoms with E-state index in [4.69, 9.17) is 0 Å². The van der Waals surface area contributed by atoms with Crippen LogP contribution in [0.1, 0.15) is 24.1 Å². The van der Waals surface area contributed by atoms with Gasteiger partial charge >= 0.3 is 0 Å². The summed E-state index contributed by atoms with van der Waals surface area (Å²) in [6.45, 7) is 4.10. The number of nitrogens with one attached hydrogen (secondary N) is 1. The summed E-state index contributed by atoms with van der Waals surface area (Å²) in [5.41, 5.74) is 1.94. The third-order valence-electron chi connectivity index (χ3n) is 4.76. The quantitative estimate of drug-likeness (QED) is 0.907. The lowest BCUT2D eigenvalue weighted by atomic mass is 9.90. The highest BCUT2D eigenvalue weighted by Crippen LogP contribution is 2.22. The number of likely N-dealkylation sites (tertiary alicyclic amines) is 1. The van der Waals surface area contributed by atoms with E-state index in [0.717, 1.165) is 49.4 Å². The smallest absolute Gasteiger partial charge is 0.239 e. The number of benzene rings is 1. The van der Waals surface area contributed by atoms with Crippen molar-refractivity contribution in [1.82, 2.24) is 14.7 Å². The number of anilines is 1. The van der Waals surface area contributed by atoms with E-state index >= 15 is 0 Å². The molecule has 0 atom stereocenters. The number of carbonyl (C=O) groups excluding carboxylic acids is 1. The minimum atomic E-state index is -0.169. The number of carbonyl (C=O) groups is 1. The Morgan fingerprint density at radius 2 is 2.08 bits per heavy atom. The van der Waals surface area contributed by atoms with Crippen LogP contribution in [0.4, 0.5) is 10.2 Å². The van der Waals surface area contributed by atoms with Crippen LogP contribution in [0.3, 0.4) is 0 Å². The summed E-state index contributed by atoms with van der Waals surface area (Å²) in [6, 6.07) is 8.72. The molecule has 1 saturated heterocycles. The molecule has 0 unspecified atom stereocenters. The molecular weight excluding hydrogens is 319 g/mol. The lowest BCUT2D eigenvalue weighted by Crippen LogP contribution is -2.39. The maximum atomic E-state index is 13.3. The Hall–Kier alpha value is -2.21. The largest absolute Gasteiger partial charge is 0.310 e. The van der Waals surface area contributed by atoms with E-state index in [1.165, 1.54) is 6.07 Å². The molecule has 0 aliphatic carbocycles. The van der Waals surface area contributed by atoms with Gasteiger partial charge in [-0.2, -0.15) is 5.10 Å². The highest BCUT2D eigenvalue weighted by molar-refractivity contribution is 5.91. The van der Waals surface area contributed by atoms with E-state index in [1.54, 1.807) is 16.8 Å². The highest BCUT2D eigenvalue weighted by Gasteiger charge is 2.21. The zero-order valence-electron chi connectivity index (χ0n) is 14.8. The third-order valence-corrected chi connectivity index (χ3v) is 4.76. The fourth-order valence-electron chi connectivity index (χ4n) is 3.46. The summed E-state index contributed by atoms with van der Waals surface area (Å²) in [4.78, 5) is 14.4. The van der Waals surface area contributed by atoms with Crippen LogP contribution in [0, 0.1) is 18.7 Å². The van der Waals surface area contributed by atoms with Crippen molar-refractivity contribution in [3.8, 4) is 0 Å². The molecule has 0 spiro atoms. The van der Waals surface area contributed by atoms with Gasteiger partial charge in [0.2, 0.25) is 5.91 Å². The lowest BCUT2D eigenvalue weighted by Gasteiger charge is -2.31. The predicted octanol–water partition coefficient (Wildman–Crippen LogP) is 2.76. The number of piperidine rings is 1. The molecule has 0 bridgehead atoms. The van der Waals surface area contributed by atoms with Crippen LogP contribution in [-0.4, -0.2) is 40.2 Å². The van der Waals surface area contributed by atoms with Gasteiger partial charge in [0.05, 0.1) is 12.2 Å². The van der Waals surface area contributed by atoms with Gasteiger partial charge in [0.15, 0.2) is 0 Å². The Morgan fingerprint density at radius 3 is 2.72 bits per heavy atom. The Morgan fingerprint density at radius 1 is 1.32 bits per heavy atom. The van der Waals surface area contributed by atoms with E-state index in [2.05, 4.69) is 15.3 Å². The van der Waals surface area contributed by atoms with Gasteiger partial charge in [-0.15, -0.1) is 0 Å². The first-order chi connectivity index (χ1) is 12.0. The monoisotopic (exact) mass is 344 g/mol. The summed E-state index contributed by atoms with van der Waals surface area (Å²) in [7, 11) is 1.82. The van der Waals surface area contributed by atoms with Crippen LogP contribution in [0.15, 0.2) is 30.3 Å². The van der Waals surface area contributed by atoms with E-state index in [1.807, 2.05) is 26.1 Å². The molecule has 1 aliphatic heterocycles. The molecule has 134 valence electrons. The highest BCUT2D eigenvalue weighted by atomic mass is 19.1. The molecule has 25 heavy (non-hydrogen) atoms. The molecule has 1 aromatic carbocycles. The molecule has 3 rings (SSSR count). The second kappa shape index (κ2) is 7.78. The molecule has 1 fully saturated rings. The van der Waals surface area contributed by atoms with E-state index in [-0.39, 0.29) is 11.7 Å². The van der Waals surface area contributed by atoms with Crippen LogP contribution >= 0.6 is 0 Å². The first kappa shape index (κ1) is 17.6. The van der Waals surface area contributed by atoms with E-state index in [0.29, 0.717) is 12.5 Å². The van der Waals surface area contributed by atoms with Crippen molar-refractivity contribution < 1.29 is 9.18 Å². The summed E-state index contributed by atoms with van der Waals surface area (Å²) < 4.78 is 15.0. The summed E-state index contributed by atoms with van der Waals surface area (Å²) in [6.07, 6.45) is 2.98. The number of rotatable bonds is 5. The first-order valence-corrected chi connectivity index (χ1v) is 8.77. The molecule has 0 radical (unpaired) electrons. The average Bonchev–Trinajstić information content (AvgIpc) is 2.87. The number of nitrogens with zero attached hydrogens (tertiary/aromatic N) is 3. The van der Waals surface area contributed by atoms with Crippen LogP contribution in [0.25, 0.3) is 0 Å². The fourth-order valence-corrected chi connectivity index (χ4v) is 3.46. The third kappa shape index (κ3) is 4.89. The van der Waals surface area contributed by atoms with E-state index < -0.39 is 0 Å². The summed E-state index contributed by atoms with van der Waals surface area (Å²) >= 11 is 0. The van der Waals surface area contributed by atoms with Crippen LogP contribution in [-0.2, 0) is 18.3 Å². The minimum Gasteiger partial charge on any atom is -0.310 e. The Labute approximate surface area is 147 Å². The van der Waals surface area contributed by atoms with Gasteiger partial charge in [0.25, 0.3) is 0 Å². The number of hydrogen-bond acceptors (Lipinski definition) is 3. The Kier molecular flexibility index (Phi) is 5.48. The lowest BCUT2D eigenvalue weighted by molar-refractivity contribution is -0.117. The van der Waals surface area contributed by atoms with Crippen LogP contribution in [0.2, 0.25) is 0 Å². The number of halogens is 1. The van der Waals surface area contributed by atoms with E-state index in [9.17, 15) is 9.18 Å². The molecule has 0 saturated carbocycles. The van der Waals surface area contributed by atoms with Gasteiger partial charge in [-0.05, 0) is 62.9 Å². The maximum Gasteiger partial charge on any atom is 0.239 e. The molecule has 2 heterocycles. The predicted molar refractivity (Wildman–Crippen MR) is 95.8 cm³/mol. The average molecular weight is 344 g/mol. The van der Waals surface area contributed by atoms with Crippen LogP contribution in [0.5, 0.6) is 0 Å². The second-order valence-corrected chi connectivity index (χ2v) is 6.90. The zero-order chi connectivity index (χ0) is 17.8. The molecule has 2 aromatic rings. The number of hydrogen-bond donors (Lipinski definition) is 1. The zero-order valence-corrected chi connectivity index (χ0v) is 14.8.